The first kappa shape index (κ1) is 27.4. The number of hydrogen-bond donors (Lipinski definition) is 0. The maximum Gasteiger partial charge on any atom is 0.00723 e. The van der Waals surface area contributed by atoms with Gasteiger partial charge < -0.3 is 0 Å². The first-order chi connectivity index (χ1) is 15.8. The molecule has 0 heterocycles. The fourth-order valence-electron chi connectivity index (χ4n) is 3.99. The number of thioether (sulfide) groups is 2. The van der Waals surface area contributed by atoms with Crippen LogP contribution >= 0.6 is 23.5 Å². The van der Waals surface area contributed by atoms with Gasteiger partial charge in [0.25, 0.3) is 0 Å². The second kappa shape index (κ2) is 18.6. The van der Waals surface area contributed by atoms with Crippen LogP contribution in [0.2, 0.25) is 0 Å². The molecule has 2 heteroatoms. The molecule has 0 saturated carbocycles. The van der Waals surface area contributed by atoms with Crippen molar-refractivity contribution in [1.82, 2.24) is 0 Å². The summed E-state index contributed by atoms with van der Waals surface area (Å²) in [5, 5.41) is 0. The molecule has 2 rings (SSSR count). The SMILES string of the molecule is CCCCCCCCCCSc1ccc(-c2ccc(SCCCCCCCC)cc2)cc1. The second-order valence-corrected chi connectivity index (χ2v) is 11.3. The summed E-state index contributed by atoms with van der Waals surface area (Å²) in [5.41, 5.74) is 2.66. The molecule has 2 aromatic carbocycles. The van der Waals surface area contributed by atoms with E-state index in [0.29, 0.717) is 0 Å². The maximum atomic E-state index is 2.30. The Balaban J connectivity index is 1.60. The van der Waals surface area contributed by atoms with Gasteiger partial charge in [-0.2, -0.15) is 0 Å². The highest BCUT2D eigenvalue weighted by atomic mass is 32.2. The molecule has 0 amide bonds. The van der Waals surface area contributed by atoms with E-state index < -0.39 is 0 Å². The van der Waals surface area contributed by atoms with Crippen molar-refractivity contribution in [2.45, 2.75) is 114 Å². The summed E-state index contributed by atoms with van der Waals surface area (Å²) in [6.07, 6.45) is 19.5. The van der Waals surface area contributed by atoms with Gasteiger partial charge in [0.2, 0.25) is 0 Å². The van der Waals surface area contributed by atoms with Crippen molar-refractivity contribution < 1.29 is 0 Å². The predicted molar refractivity (Wildman–Crippen MR) is 149 cm³/mol. The van der Waals surface area contributed by atoms with E-state index in [0.717, 1.165) is 0 Å². The highest BCUT2D eigenvalue weighted by Crippen LogP contribution is 2.28. The summed E-state index contributed by atoms with van der Waals surface area (Å²) in [5.74, 6) is 2.50. The van der Waals surface area contributed by atoms with Crippen LogP contribution in [-0.4, -0.2) is 11.5 Å². The number of rotatable bonds is 19. The van der Waals surface area contributed by atoms with Gasteiger partial charge in [-0.25, -0.2) is 0 Å². The molecule has 0 radical (unpaired) electrons. The number of unbranched alkanes of at least 4 members (excludes halogenated alkanes) is 12. The minimum Gasteiger partial charge on any atom is -0.126 e. The number of benzene rings is 2. The van der Waals surface area contributed by atoms with Gasteiger partial charge in [-0.3, -0.25) is 0 Å². The van der Waals surface area contributed by atoms with E-state index >= 15 is 0 Å². The molecule has 178 valence electrons. The highest BCUT2D eigenvalue weighted by Gasteiger charge is 2.01. The lowest BCUT2D eigenvalue weighted by Crippen LogP contribution is -1.84. The molecule has 0 saturated heterocycles. The third-order valence-corrected chi connectivity index (χ3v) is 8.27. The maximum absolute atomic E-state index is 2.30. The highest BCUT2D eigenvalue weighted by molar-refractivity contribution is 7.99. The van der Waals surface area contributed by atoms with Crippen LogP contribution in [0.25, 0.3) is 11.1 Å². The van der Waals surface area contributed by atoms with Crippen LogP contribution in [0.15, 0.2) is 58.3 Å². The standard InChI is InChI=1S/C30H46S2/c1-3-5-7-9-11-12-14-16-26-32-30-23-19-28(20-24-30)27-17-21-29(22-18-27)31-25-15-13-10-8-6-4-2/h17-24H,3-16,25-26H2,1-2H3. The minimum atomic E-state index is 1.25. The van der Waals surface area contributed by atoms with Crippen LogP contribution < -0.4 is 0 Å². The Bertz CT molecular complexity index is 675. The molecule has 0 aliphatic heterocycles. The van der Waals surface area contributed by atoms with Crippen LogP contribution in [0, 0.1) is 0 Å². The Hall–Kier alpha value is -0.860. The van der Waals surface area contributed by atoms with Crippen molar-refractivity contribution in [3.05, 3.63) is 48.5 Å². The summed E-state index contributed by atoms with van der Waals surface area (Å²) < 4.78 is 0. The molecule has 0 aromatic heterocycles. The van der Waals surface area contributed by atoms with E-state index in [9.17, 15) is 0 Å². The first-order valence-electron chi connectivity index (χ1n) is 13.3. The lowest BCUT2D eigenvalue weighted by molar-refractivity contribution is 0.586. The largest absolute Gasteiger partial charge is 0.126 e. The van der Waals surface area contributed by atoms with E-state index in [-0.39, 0.29) is 0 Å². The molecule has 0 fully saturated rings. The van der Waals surface area contributed by atoms with E-state index in [1.807, 2.05) is 23.5 Å². The van der Waals surface area contributed by atoms with E-state index in [2.05, 4.69) is 62.4 Å². The average Bonchev–Trinajstić information content (AvgIpc) is 2.83. The quantitative estimate of drug-likeness (QED) is 0.148. The summed E-state index contributed by atoms with van der Waals surface area (Å²) in [6, 6.07) is 18.3. The molecule has 0 aliphatic rings. The van der Waals surface area contributed by atoms with Crippen LogP contribution in [0.3, 0.4) is 0 Å². The zero-order chi connectivity index (χ0) is 22.7. The van der Waals surface area contributed by atoms with Gasteiger partial charge in [0.05, 0.1) is 0 Å². The van der Waals surface area contributed by atoms with Gasteiger partial charge in [0.15, 0.2) is 0 Å². The molecule has 0 spiro atoms. The Morgan fingerprint density at radius 2 is 0.719 bits per heavy atom. The molecule has 32 heavy (non-hydrogen) atoms. The lowest BCUT2D eigenvalue weighted by Gasteiger charge is -2.07. The van der Waals surface area contributed by atoms with Gasteiger partial charge in [-0.15, -0.1) is 23.5 Å². The van der Waals surface area contributed by atoms with Crippen LogP contribution in [0.1, 0.15) is 104 Å². The Morgan fingerprint density at radius 3 is 1.06 bits per heavy atom. The van der Waals surface area contributed by atoms with Crippen molar-refractivity contribution in [3.8, 4) is 11.1 Å². The third-order valence-electron chi connectivity index (χ3n) is 6.08. The van der Waals surface area contributed by atoms with Gasteiger partial charge in [0, 0.05) is 9.79 Å². The van der Waals surface area contributed by atoms with E-state index in [1.54, 1.807) is 0 Å². The molecule has 2 aromatic rings. The fourth-order valence-corrected chi connectivity index (χ4v) is 5.81. The Morgan fingerprint density at radius 1 is 0.406 bits per heavy atom. The van der Waals surface area contributed by atoms with Crippen molar-refractivity contribution in [2.75, 3.05) is 11.5 Å². The molecular weight excluding hydrogens is 424 g/mol. The average molecular weight is 471 g/mol. The molecule has 0 nitrogen and oxygen atoms in total. The zero-order valence-corrected chi connectivity index (χ0v) is 22.4. The Labute approximate surface area is 207 Å². The van der Waals surface area contributed by atoms with Crippen molar-refractivity contribution in [3.63, 3.8) is 0 Å². The molecule has 0 N–H and O–H groups in total. The van der Waals surface area contributed by atoms with E-state index in [1.165, 1.54) is 122 Å². The lowest BCUT2D eigenvalue weighted by atomic mass is 10.1. The normalized spacial score (nSPS) is 11.2. The molecule has 0 aliphatic carbocycles. The van der Waals surface area contributed by atoms with Crippen molar-refractivity contribution in [2.24, 2.45) is 0 Å². The summed E-state index contributed by atoms with van der Waals surface area (Å²) in [7, 11) is 0. The molecule has 0 unspecified atom stereocenters. The monoisotopic (exact) mass is 470 g/mol. The summed E-state index contributed by atoms with van der Waals surface area (Å²) in [6.45, 7) is 4.57. The molecular formula is C30H46S2. The van der Waals surface area contributed by atoms with Gasteiger partial charge in [-0.1, -0.05) is 115 Å². The van der Waals surface area contributed by atoms with Gasteiger partial charge >= 0.3 is 0 Å². The summed E-state index contributed by atoms with van der Waals surface area (Å²) >= 11 is 4.02. The minimum absolute atomic E-state index is 1.25. The zero-order valence-electron chi connectivity index (χ0n) is 20.7. The van der Waals surface area contributed by atoms with Gasteiger partial charge in [0.1, 0.15) is 0 Å². The molecule has 0 bridgehead atoms. The van der Waals surface area contributed by atoms with Crippen LogP contribution in [-0.2, 0) is 0 Å². The van der Waals surface area contributed by atoms with Crippen LogP contribution in [0.4, 0.5) is 0 Å². The topological polar surface area (TPSA) is 0 Å². The smallest absolute Gasteiger partial charge is 0.00723 e. The van der Waals surface area contributed by atoms with Crippen molar-refractivity contribution in [1.29, 1.82) is 0 Å². The molecule has 0 atom stereocenters. The van der Waals surface area contributed by atoms with E-state index in [4.69, 9.17) is 0 Å². The van der Waals surface area contributed by atoms with Crippen molar-refractivity contribution >= 4 is 23.5 Å². The number of hydrogen-bond acceptors (Lipinski definition) is 2. The summed E-state index contributed by atoms with van der Waals surface area (Å²) in [4.78, 5) is 2.81. The van der Waals surface area contributed by atoms with Gasteiger partial charge in [-0.05, 0) is 59.7 Å². The second-order valence-electron chi connectivity index (χ2n) is 8.99. The van der Waals surface area contributed by atoms with Crippen LogP contribution in [0.5, 0.6) is 0 Å². The predicted octanol–water partition coefficient (Wildman–Crippen LogP) is 11.0. The fraction of sp³-hybridized carbons (Fsp3) is 0.600. The first-order valence-corrected chi connectivity index (χ1v) is 15.3. The third kappa shape index (κ3) is 12.4. The Kier molecular flexibility index (Phi) is 15.9.